The molecular formula is C14H16BrN5. The Bertz CT molecular complexity index is 771. The minimum absolute atomic E-state index is 0.743. The van der Waals surface area contributed by atoms with Crippen molar-refractivity contribution in [2.45, 2.75) is 13.5 Å². The van der Waals surface area contributed by atoms with Gasteiger partial charge in [0.1, 0.15) is 5.82 Å². The summed E-state index contributed by atoms with van der Waals surface area (Å²) in [6.45, 7) is 2.75. The predicted molar refractivity (Wildman–Crippen MR) is 83.5 cm³/mol. The summed E-state index contributed by atoms with van der Waals surface area (Å²) in [7, 11) is 3.95. The van der Waals surface area contributed by atoms with Crippen LogP contribution in [0.15, 0.2) is 22.9 Å². The number of fused-ring (bicyclic) bond motifs is 1. The second-order valence-corrected chi connectivity index (χ2v) is 5.56. The van der Waals surface area contributed by atoms with Crippen LogP contribution in [0.3, 0.4) is 0 Å². The lowest BCUT2D eigenvalue weighted by Crippen LogP contribution is -2.06. The number of aromatic amines is 1. The van der Waals surface area contributed by atoms with Gasteiger partial charge in [0.25, 0.3) is 0 Å². The maximum Gasteiger partial charge on any atom is 0.175 e. The Hall–Kier alpha value is -1.66. The van der Waals surface area contributed by atoms with Gasteiger partial charge in [0.05, 0.1) is 22.4 Å². The molecule has 0 atom stereocenters. The number of hydrogen-bond donors (Lipinski definition) is 2. The SMILES string of the molecule is CNCc1[nH]c(Br)nc1-c1ccc2c(c1)nc(C)n2C. The van der Waals surface area contributed by atoms with Crippen molar-refractivity contribution >= 4 is 27.0 Å². The van der Waals surface area contributed by atoms with Crippen LogP contribution >= 0.6 is 15.9 Å². The summed E-state index contributed by atoms with van der Waals surface area (Å²) < 4.78 is 2.84. The molecule has 0 fully saturated rings. The van der Waals surface area contributed by atoms with Gasteiger partial charge in [-0.2, -0.15) is 0 Å². The average Bonchev–Trinajstić information content (AvgIpc) is 2.91. The summed E-state index contributed by atoms with van der Waals surface area (Å²) in [4.78, 5) is 12.3. The summed E-state index contributed by atoms with van der Waals surface area (Å²) in [5.41, 5.74) is 5.22. The minimum Gasteiger partial charge on any atom is -0.335 e. The third kappa shape index (κ3) is 2.14. The Morgan fingerprint density at radius 3 is 2.90 bits per heavy atom. The van der Waals surface area contributed by atoms with Gasteiger partial charge in [-0.1, -0.05) is 6.07 Å². The lowest BCUT2D eigenvalue weighted by Gasteiger charge is -2.03. The topological polar surface area (TPSA) is 58.5 Å². The fraction of sp³-hybridized carbons (Fsp3) is 0.286. The highest BCUT2D eigenvalue weighted by Gasteiger charge is 2.12. The Morgan fingerprint density at radius 2 is 2.15 bits per heavy atom. The quantitative estimate of drug-likeness (QED) is 0.774. The lowest BCUT2D eigenvalue weighted by atomic mass is 10.1. The third-order valence-electron chi connectivity index (χ3n) is 3.48. The molecule has 0 saturated carbocycles. The fourth-order valence-corrected chi connectivity index (χ4v) is 2.80. The molecule has 1 aromatic carbocycles. The van der Waals surface area contributed by atoms with E-state index in [1.807, 2.05) is 21.0 Å². The Kier molecular flexibility index (Phi) is 3.35. The van der Waals surface area contributed by atoms with Crippen molar-refractivity contribution in [2.24, 2.45) is 7.05 Å². The van der Waals surface area contributed by atoms with Gasteiger partial charge in [0.15, 0.2) is 4.73 Å². The Labute approximate surface area is 125 Å². The number of benzene rings is 1. The molecule has 0 aliphatic heterocycles. The molecule has 0 bridgehead atoms. The number of aryl methyl sites for hydroxylation is 2. The molecule has 0 spiro atoms. The molecule has 0 unspecified atom stereocenters. The van der Waals surface area contributed by atoms with E-state index in [0.29, 0.717) is 0 Å². The normalized spacial score (nSPS) is 11.4. The molecule has 104 valence electrons. The number of H-pyrrole nitrogens is 1. The predicted octanol–water partition coefficient (Wildman–Crippen LogP) is 2.75. The zero-order chi connectivity index (χ0) is 14.3. The van der Waals surface area contributed by atoms with Gasteiger partial charge in [-0.15, -0.1) is 0 Å². The van der Waals surface area contributed by atoms with Crippen molar-refractivity contribution in [1.82, 2.24) is 24.8 Å². The monoisotopic (exact) mass is 333 g/mol. The van der Waals surface area contributed by atoms with Crippen molar-refractivity contribution in [3.63, 3.8) is 0 Å². The van der Waals surface area contributed by atoms with Gasteiger partial charge >= 0.3 is 0 Å². The molecule has 0 aliphatic rings. The molecule has 5 nitrogen and oxygen atoms in total. The molecular weight excluding hydrogens is 318 g/mol. The smallest absolute Gasteiger partial charge is 0.175 e. The molecule has 0 aliphatic carbocycles. The van der Waals surface area contributed by atoms with Gasteiger partial charge in [-0.05, 0) is 42.0 Å². The van der Waals surface area contributed by atoms with Crippen molar-refractivity contribution < 1.29 is 0 Å². The number of nitrogens with zero attached hydrogens (tertiary/aromatic N) is 3. The van der Waals surface area contributed by atoms with Crippen LogP contribution in [0.1, 0.15) is 11.5 Å². The maximum absolute atomic E-state index is 4.58. The average molecular weight is 334 g/mol. The first-order chi connectivity index (χ1) is 9.60. The van der Waals surface area contributed by atoms with Crippen molar-refractivity contribution in [2.75, 3.05) is 7.05 Å². The van der Waals surface area contributed by atoms with E-state index in [1.165, 1.54) is 0 Å². The van der Waals surface area contributed by atoms with E-state index in [4.69, 9.17) is 0 Å². The van der Waals surface area contributed by atoms with Crippen molar-refractivity contribution in [3.8, 4) is 11.3 Å². The minimum atomic E-state index is 0.743. The van der Waals surface area contributed by atoms with E-state index < -0.39 is 0 Å². The van der Waals surface area contributed by atoms with Crippen LogP contribution in [0.4, 0.5) is 0 Å². The molecule has 3 aromatic rings. The van der Waals surface area contributed by atoms with E-state index in [9.17, 15) is 0 Å². The van der Waals surface area contributed by atoms with Crippen LogP contribution in [-0.4, -0.2) is 26.6 Å². The van der Waals surface area contributed by atoms with Crippen LogP contribution in [0.2, 0.25) is 0 Å². The molecule has 3 rings (SSSR count). The largest absolute Gasteiger partial charge is 0.335 e. The maximum atomic E-state index is 4.58. The van der Waals surface area contributed by atoms with Crippen molar-refractivity contribution in [3.05, 3.63) is 34.5 Å². The molecule has 0 radical (unpaired) electrons. The van der Waals surface area contributed by atoms with Crippen LogP contribution in [0.5, 0.6) is 0 Å². The van der Waals surface area contributed by atoms with Gasteiger partial charge in [0, 0.05) is 19.2 Å². The molecule has 0 saturated heterocycles. The lowest BCUT2D eigenvalue weighted by molar-refractivity contribution is 0.797. The number of rotatable bonds is 3. The molecule has 6 heteroatoms. The summed E-state index contributed by atoms with van der Waals surface area (Å²) in [6.07, 6.45) is 0. The van der Waals surface area contributed by atoms with Crippen LogP contribution in [0, 0.1) is 6.92 Å². The third-order valence-corrected chi connectivity index (χ3v) is 3.86. The Morgan fingerprint density at radius 1 is 1.35 bits per heavy atom. The number of imidazole rings is 2. The highest BCUT2D eigenvalue weighted by molar-refractivity contribution is 9.10. The summed E-state index contributed by atoms with van der Waals surface area (Å²) >= 11 is 3.40. The van der Waals surface area contributed by atoms with Gasteiger partial charge in [0.2, 0.25) is 0 Å². The molecule has 2 aromatic heterocycles. The number of aromatic nitrogens is 4. The van der Waals surface area contributed by atoms with E-state index in [0.717, 1.165) is 45.1 Å². The number of hydrogen-bond acceptors (Lipinski definition) is 3. The standard InChI is InChI=1S/C14H16BrN5/c1-8-17-10-6-9(4-5-12(10)20(8)3)13-11(7-16-2)18-14(15)19-13/h4-6,16H,7H2,1-3H3,(H,18,19). The first-order valence-electron chi connectivity index (χ1n) is 6.42. The molecule has 2 N–H and O–H groups in total. The molecule has 2 heterocycles. The van der Waals surface area contributed by atoms with Crippen LogP contribution in [-0.2, 0) is 13.6 Å². The first kappa shape index (κ1) is 13.3. The second-order valence-electron chi connectivity index (χ2n) is 4.81. The molecule has 20 heavy (non-hydrogen) atoms. The zero-order valence-electron chi connectivity index (χ0n) is 11.7. The summed E-state index contributed by atoms with van der Waals surface area (Å²) in [6, 6.07) is 6.27. The number of halogens is 1. The van der Waals surface area contributed by atoms with Crippen molar-refractivity contribution in [1.29, 1.82) is 0 Å². The van der Waals surface area contributed by atoms with Gasteiger partial charge in [-0.25, -0.2) is 9.97 Å². The highest BCUT2D eigenvalue weighted by Crippen LogP contribution is 2.27. The van der Waals surface area contributed by atoms with E-state index in [1.54, 1.807) is 0 Å². The Balaban J connectivity index is 2.14. The van der Waals surface area contributed by atoms with E-state index >= 15 is 0 Å². The van der Waals surface area contributed by atoms with Gasteiger partial charge < -0.3 is 14.9 Å². The number of nitrogens with one attached hydrogen (secondary N) is 2. The van der Waals surface area contributed by atoms with E-state index in [-0.39, 0.29) is 0 Å². The van der Waals surface area contributed by atoms with E-state index in [2.05, 4.69) is 59.0 Å². The van der Waals surface area contributed by atoms with Gasteiger partial charge in [-0.3, -0.25) is 0 Å². The summed E-state index contributed by atoms with van der Waals surface area (Å²) in [5, 5.41) is 3.15. The highest BCUT2D eigenvalue weighted by atomic mass is 79.9. The first-order valence-corrected chi connectivity index (χ1v) is 7.22. The molecule has 0 amide bonds. The van der Waals surface area contributed by atoms with Crippen LogP contribution in [0.25, 0.3) is 22.3 Å². The second kappa shape index (κ2) is 5.03. The fourth-order valence-electron chi connectivity index (χ4n) is 2.39. The van der Waals surface area contributed by atoms with Crippen LogP contribution < -0.4 is 5.32 Å². The summed E-state index contributed by atoms with van der Waals surface area (Å²) in [5.74, 6) is 1.01. The zero-order valence-corrected chi connectivity index (χ0v) is 13.2.